The van der Waals surface area contributed by atoms with Crippen LogP contribution >= 0.6 is 0 Å². The van der Waals surface area contributed by atoms with Gasteiger partial charge in [-0.1, -0.05) is 37.2 Å². The first-order valence-corrected chi connectivity index (χ1v) is 12.4. The van der Waals surface area contributed by atoms with Crippen molar-refractivity contribution in [2.24, 2.45) is 11.3 Å². The van der Waals surface area contributed by atoms with Crippen LogP contribution in [-0.4, -0.2) is 61.5 Å². The molecule has 0 radical (unpaired) electrons. The van der Waals surface area contributed by atoms with Crippen LogP contribution in [0.1, 0.15) is 44.6 Å². The monoisotopic (exact) mass is 438 g/mol. The lowest BCUT2D eigenvalue weighted by Crippen LogP contribution is -2.60. The maximum Gasteiger partial charge on any atom is 0.150 e. The van der Waals surface area contributed by atoms with Crippen LogP contribution in [0.3, 0.4) is 0 Å². The molecule has 3 heterocycles. The van der Waals surface area contributed by atoms with E-state index in [2.05, 4.69) is 70.5 Å². The first kappa shape index (κ1) is 21.9. The van der Waals surface area contributed by atoms with Gasteiger partial charge in [0, 0.05) is 63.2 Å². The SMILES string of the molecule is CC1(C)[C@H](Cc2cc(CN3CCN(c4ccccc4)CC3)on2)C[C@@H]1NC1CCOCC1. The van der Waals surface area contributed by atoms with Gasteiger partial charge >= 0.3 is 0 Å². The van der Waals surface area contributed by atoms with Gasteiger partial charge in [-0.3, -0.25) is 4.90 Å². The summed E-state index contributed by atoms with van der Waals surface area (Å²) in [5.74, 6) is 1.66. The second-order valence-electron chi connectivity index (χ2n) is 10.4. The number of benzene rings is 1. The number of hydrogen-bond donors (Lipinski definition) is 1. The molecule has 1 N–H and O–H groups in total. The van der Waals surface area contributed by atoms with Crippen molar-refractivity contribution in [1.29, 1.82) is 0 Å². The highest BCUT2D eigenvalue weighted by atomic mass is 16.5. The van der Waals surface area contributed by atoms with Gasteiger partial charge in [0.15, 0.2) is 5.76 Å². The van der Waals surface area contributed by atoms with Crippen molar-refractivity contribution in [2.75, 3.05) is 44.3 Å². The normalized spacial score (nSPS) is 26.8. The Morgan fingerprint density at radius 3 is 2.53 bits per heavy atom. The minimum absolute atomic E-state index is 0.297. The molecular formula is C26H38N4O2. The number of anilines is 1. The smallest absolute Gasteiger partial charge is 0.150 e. The largest absolute Gasteiger partial charge is 0.381 e. The molecule has 1 aromatic carbocycles. The lowest BCUT2D eigenvalue weighted by molar-refractivity contribution is -0.00757. The van der Waals surface area contributed by atoms with Gasteiger partial charge in [0.1, 0.15) is 0 Å². The summed E-state index contributed by atoms with van der Waals surface area (Å²) in [7, 11) is 0. The highest BCUT2D eigenvalue weighted by molar-refractivity contribution is 5.46. The van der Waals surface area contributed by atoms with Crippen molar-refractivity contribution in [1.82, 2.24) is 15.4 Å². The fourth-order valence-corrected chi connectivity index (χ4v) is 5.60. The Kier molecular flexibility index (Phi) is 6.54. The molecule has 3 fully saturated rings. The van der Waals surface area contributed by atoms with E-state index in [9.17, 15) is 0 Å². The summed E-state index contributed by atoms with van der Waals surface area (Å²) >= 11 is 0. The number of aromatic nitrogens is 1. The Bertz CT molecular complexity index is 854. The summed E-state index contributed by atoms with van der Waals surface area (Å²) < 4.78 is 11.2. The van der Waals surface area contributed by atoms with E-state index in [0.29, 0.717) is 23.4 Å². The average Bonchev–Trinajstić information content (AvgIpc) is 3.27. The number of nitrogens with zero attached hydrogens (tertiary/aromatic N) is 3. The summed E-state index contributed by atoms with van der Waals surface area (Å²) in [6.45, 7) is 11.7. The zero-order valence-corrected chi connectivity index (χ0v) is 19.6. The highest BCUT2D eigenvalue weighted by Crippen LogP contribution is 2.48. The van der Waals surface area contributed by atoms with E-state index in [4.69, 9.17) is 9.26 Å². The van der Waals surface area contributed by atoms with E-state index < -0.39 is 0 Å². The fraction of sp³-hybridized carbons (Fsp3) is 0.654. The van der Waals surface area contributed by atoms with Gasteiger partial charge < -0.3 is 19.5 Å². The van der Waals surface area contributed by atoms with Crippen molar-refractivity contribution in [3.05, 3.63) is 47.9 Å². The maximum absolute atomic E-state index is 5.73. The van der Waals surface area contributed by atoms with Crippen LogP contribution in [0.2, 0.25) is 0 Å². The second kappa shape index (κ2) is 9.54. The van der Waals surface area contributed by atoms with Crippen LogP contribution in [0.5, 0.6) is 0 Å². The van der Waals surface area contributed by atoms with Crippen molar-refractivity contribution in [3.63, 3.8) is 0 Å². The molecule has 0 bridgehead atoms. The third-order valence-electron chi connectivity index (χ3n) is 8.07. The van der Waals surface area contributed by atoms with E-state index in [1.165, 1.54) is 12.1 Å². The first-order valence-electron chi connectivity index (χ1n) is 12.4. The summed E-state index contributed by atoms with van der Waals surface area (Å²) in [4.78, 5) is 4.94. The molecule has 0 spiro atoms. The van der Waals surface area contributed by atoms with Crippen LogP contribution < -0.4 is 10.2 Å². The molecule has 2 aliphatic heterocycles. The predicted molar refractivity (Wildman–Crippen MR) is 127 cm³/mol. The van der Waals surface area contributed by atoms with E-state index in [0.717, 1.165) is 76.7 Å². The fourth-order valence-electron chi connectivity index (χ4n) is 5.60. The van der Waals surface area contributed by atoms with Crippen LogP contribution in [0.25, 0.3) is 0 Å². The number of ether oxygens (including phenoxy) is 1. The molecule has 0 unspecified atom stereocenters. The molecule has 1 aromatic heterocycles. The van der Waals surface area contributed by atoms with Gasteiger partial charge in [0.05, 0.1) is 12.2 Å². The molecule has 3 aliphatic rings. The average molecular weight is 439 g/mol. The Hall–Kier alpha value is -1.89. The summed E-state index contributed by atoms with van der Waals surface area (Å²) in [6, 6.07) is 14.1. The summed E-state index contributed by atoms with van der Waals surface area (Å²) in [6.07, 6.45) is 4.53. The Morgan fingerprint density at radius 1 is 1.06 bits per heavy atom. The molecule has 2 saturated heterocycles. The minimum Gasteiger partial charge on any atom is -0.381 e. The molecule has 6 nitrogen and oxygen atoms in total. The molecule has 1 aliphatic carbocycles. The molecule has 1 saturated carbocycles. The third kappa shape index (κ3) is 4.87. The van der Waals surface area contributed by atoms with Crippen LogP contribution in [0.15, 0.2) is 40.9 Å². The summed E-state index contributed by atoms with van der Waals surface area (Å²) in [5, 5.41) is 8.32. The number of piperazine rings is 1. The van der Waals surface area contributed by atoms with Crippen LogP contribution in [0.4, 0.5) is 5.69 Å². The van der Waals surface area contributed by atoms with Crippen LogP contribution in [-0.2, 0) is 17.7 Å². The number of nitrogens with one attached hydrogen (secondary N) is 1. The predicted octanol–water partition coefficient (Wildman–Crippen LogP) is 3.72. The second-order valence-corrected chi connectivity index (χ2v) is 10.4. The summed E-state index contributed by atoms with van der Waals surface area (Å²) in [5.41, 5.74) is 2.73. The Balaban J connectivity index is 1.08. The lowest BCUT2D eigenvalue weighted by Gasteiger charge is -2.54. The zero-order chi connectivity index (χ0) is 22.0. The maximum atomic E-state index is 5.73. The minimum atomic E-state index is 0.297. The number of para-hydroxylation sites is 1. The van der Waals surface area contributed by atoms with Gasteiger partial charge in [0.2, 0.25) is 0 Å². The first-order chi connectivity index (χ1) is 15.6. The van der Waals surface area contributed by atoms with Gasteiger partial charge in [-0.05, 0) is 49.1 Å². The van der Waals surface area contributed by atoms with Crippen molar-refractivity contribution >= 4 is 5.69 Å². The van der Waals surface area contributed by atoms with E-state index >= 15 is 0 Å². The third-order valence-corrected chi connectivity index (χ3v) is 8.07. The van der Waals surface area contributed by atoms with Crippen molar-refractivity contribution in [3.8, 4) is 0 Å². The quantitative estimate of drug-likeness (QED) is 0.711. The molecule has 174 valence electrons. The molecule has 2 aromatic rings. The van der Waals surface area contributed by atoms with Gasteiger partial charge in [0.25, 0.3) is 0 Å². The molecular weight excluding hydrogens is 400 g/mol. The van der Waals surface area contributed by atoms with Crippen molar-refractivity contribution < 1.29 is 9.26 Å². The number of rotatable bonds is 7. The van der Waals surface area contributed by atoms with Crippen molar-refractivity contribution in [2.45, 2.75) is 58.2 Å². The molecule has 6 heteroatoms. The van der Waals surface area contributed by atoms with Crippen LogP contribution in [0, 0.1) is 11.3 Å². The molecule has 32 heavy (non-hydrogen) atoms. The Labute approximate surface area is 192 Å². The topological polar surface area (TPSA) is 53.8 Å². The molecule has 2 atom stereocenters. The van der Waals surface area contributed by atoms with Gasteiger partial charge in [-0.25, -0.2) is 0 Å². The van der Waals surface area contributed by atoms with E-state index in [-0.39, 0.29) is 0 Å². The molecule has 0 amide bonds. The zero-order valence-electron chi connectivity index (χ0n) is 19.6. The van der Waals surface area contributed by atoms with E-state index in [1.54, 1.807) is 0 Å². The van der Waals surface area contributed by atoms with E-state index in [1.807, 2.05) is 0 Å². The lowest BCUT2D eigenvalue weighted by atomic mass is 9.57. The van der Waals surface area contributed by atoms with Gasteiger partial charge in [-0.15, -0.1) is 0 Å². The molecule has 5 rings (SSSR count). The standard InChI is InChI=1S/C26H38N4O2/c1-26(2)20(17-25(26)27-21-8-14-31-15-9-21)16-22-18-24(32-28-22)19-29-10-12-30(13-11-29)23-6-4-3-5-7-23/h3-7,18,20-21,25,27H,8-17,19H2,1-2H3/t20-,25+/m1/s1. The highest BCUT2D eigenvalue weighted by Gasteiger charge is 2.48. The number of hydrogen-bond acceptors (Lipinski definition) is 6. The van der Waals surface area contributed by atoms with Gasteiger partial charge in [-0.2, -0.15) is 0 Å². The Morgan fingerprint density at radius 2 is 1.81 bits per heavy atom.